The molecule has 0 unspecified atom stereocenters. The summed E-state index contributed by atoms with van der Waals surface area (Å²) in [4.78, 5) is 30.3. The number of hydrogen-bond donors (Lipinski definition) is 2. The first-order valence-corrected chi connectivity index (χ1v) is 11.1. The lowest BCUT2D eigenvalue weighted by Gasteiger charge is -2.16. The molecule has 0 saturated carbocycles. The van der Waals surface area contributed by atoms with E-state index in [-0.39, 0.29) is 37.9 Å². The van der Waals surface area contributed by atoms with E-state index in [1.807, 2.05) is 0 Å². The van der Waals surface area contributed by atoms with Gasteiger partial charge in [0.2, 0.25) is 0 Å². The zero-order valence-electron chi connectivity index (χ0n) is 17.3. The van der Waals surface area contributed by atoms with Crippen LogP contribution in [0.5, 0.6) is 11.5 Å². The Morgan fingerprint density at radius 2 is 1.91 bits per heavy atom. The number of halogens is 5. The van der Waals surface area contributed by atoms with Crippen molar-refractivity contribution < 1.29 is 27.8 Å². The zero-order chi connectivity index (χ0) is 24.8. The van der Waals surface area contributed by atoms with Gasteiger partial charge in [0.15, 0.2) is 17.3 Å². The summed E-state index contributed by atoms with van der Waals surface area (Å²) >= 11 is 15.7. The van der Waals surface area contributed by atoms with Gasteiger partial charge in [-0.1, -0.05) is 23.2 Å². The minimum absolute atomic E-state index is 0.0400. The fourth-order valence-corrected chi connectivity index (χ4v) is 3.93. The average Bonchev–Trinajstić information content (AvgIpc) is 3.26. The Hall–Kier alpha value is -2.96. The summed E-state index contributed by atoms with van der Waals surface area (Å²) in [7, 11) is 0. The predicted octanol–water partition coefficient (Wildman–Crippen LogP) is 5.05. The summed E-state index contributed by atoms with van der Waals surface area (Å²) in [5.41, 5.74) is -0.731. The molecule has 34 heavy (non-hydrogen) atoms. The van der Waals surface area contributed by atoms with Crippen molar-refractivity contribution in [3.63, 3.8) is 0 Å². The molecule has 0 atom stereocenters. The third-order valence-corrected chi connectivity index (χ3v) is 5.37. The van der Waals surface area contributed by atoms with Gasteiger partial charge in [-0.3, -0.25) is 9.59 Å². The van der Waals surface area contributed by atoms with E-state index in [9.17, 15) is 18.4 Å². The Morgan fingerprint density at radius 3 is 2.59 bits per heavy atom. The highest BCUT2D eigenvalue weighted by molar-refractivity contribution is 9.10. The van der Waals surface area contributed by atoms with Gasteiger partial charge in [0.25, 0.3) is 11.8 Å². The molecule has 1 aromatic carbocycles. The monoisotopic (exact) mass is 575 g/mol. The smallest absolute Gasteiger partial charge is 0.395 e. The predicted molar refractivity (Wildman–Crippen MR) is 122 cm³/mol. The van der Waals surface area contributed by atoms with E-state index < -0.39 is 35.2 Å². The average molecular weight is 577 g/mol. The molecule has 0 spiro atoms. The van der Waals surface area contributed by atoms with Crippen molar-refractivity contribution in [1.82, 2.24) is 20.1 Å². The van der Waals surface area contributed by atoms with Crippen molar-refractivity contribution in [2.24, 2.45) is 0 Å². The summed E-state index contributed by atoms with van der Waals surface area (Å²) in [6.07, 6.45) is -2.55. The highest BCUT2D eigenvalue weighted by Gasteiger charge is 2.47. The number of carbonyl (C=O) groups excluding carboxylic acids is 2. The Labute approximate surface area is 209 Å². The van der Waals surface area contributed by atoms with Crippen LogP contribution in [-0.4, -0.2) is 38.9 Å². The SMILES string of the molecule is CC(C)NC(=O)c1c(NC(=O)c2cc(Br)nn2-c2ncccc2Cl)c(Cl)cc2c1OC(F)(F)O2. The second-order valence-corrected chi connectivity index (χ2v) is 8.89. The number of ether oxygens (including phenoxy) is 2. The standard InChI is InChI=1S/C20H14BrCl2F2N5O4/c1-8(2)27-19(32)14-15(10(23)6-12-16(14)34-20(24,25)33-12)28-18(31)11-7-13(21)29-30(11)17-9(22)4-3-5-26-17/h3-8H,1-2H3,(H,27,32)(H,28,31). The summed E-state index contributed by atoms with van der Waals surface area (Å²) in [6, 6.07) is 5.19. The van der Waals surface area contributed by atoms with E-state index in [1.165, 1.54) is 16.9 Å². The molecule has 14 heteroatoms. The van der Waals surface area contributed by atoms with E-state index >= 15 is 0 Å². The lowest BCUT2D eigenvalue weighted by molar-refractivity contribution is -0.286. The molecule has 0 fully saturated rings. The summed E-state index contributed by atoms with van der Waals surface area (Å²) in [6.45, 7) is 3.33. The molecule has 0 aliphatic carbocycles. The molecule has 9 nitrogen and oxygen atoms in total. The van der Waals surface area contributed by atoms with Gasteiger partial charge < -0.3 is 20.1 Å². The number of alkyl halides is 2. The molecule has 178 valence electrons. The fourth-order valence-electron chi connectivity index (χ4n) is 3.11. The van der Waals surface area contributed by atoms with Crippen LogP contribution >= 0.6 is 39.1 Å². The van der Waals surface area contributed by atoms with Gasteiger partial charge in [-0.2, -0.15) is 5.10 Å². The highest BCUT2D eigenvalue weighted by atomic mass is 79.9. The minimum atomic E-state index is -4.01. The van der Waals surface area contributed by atoms with E-state index in [0.29, 0.717) is 0 Å². The molecule has 1 aliphatic heterocycles. The number of rotatable bonds is 5. The van der Waals surface area contributed by atoms with Crippen LogP contribution in [0.4, 0.5) is 14.5 Å². The van der Waals surface area contributed by atoms with Crippen LogP contribution in [0, 0.1) is 0 Å². The number of nitrogens with one attached hydrogen (secondary N) is 2. The largest absolute Gasteiger partial charge is 0.586 e. The lowest BCUT2D eigenvalue weighted by atomic mass is 10.1. The van der Waals surface area contributed by atoms with Crippen LogP contribution in [0.2, 0.25) is 10.0 Å². The van der Waals surface area contributed by atoms with Gasteiger partial charge in [-0.05, 0) is 41.9 Å². The number of benzene rings is 1. The van der Waals surface area contributed by atoms with Crippen LogP contribution in [0.15, 0.2) is 35.1 Å². The lowest BCUT2D eigenvalue weighted by Crippen LogP contribution is -2.32. The molecule has 0 bridgehead atoms. The Bertz CT molecular complexity index is 1320. The maximum atomic E-state index is 13.8. The maximum Gasteiger partial charge on any atom is 0.586 e. The van der Waals surface area contributed by atoms with Crippen LogP contribution in [0.3, 0.4) is 0 Å². The van der Waals surface area contributed by atoms with Gasteiger partial charge in [-0.15, -0.1) is 8.78 Å². The highest BCUT2D eigenvalue weighted by Crippen LogP contribution is 2.49. The van der Waals surface area contributed by atoms with E-state index in [4.69, 9.17) is 23.2 Å². The number of aromatic nitrogens is 3. The third kappa shape index (κ3) is 4.65. The summed E-state index contributed by atoms with van der Waals surface area (Å²) < 4.78 is 38.0. The Kier molecular flexibility index (Phi) is 6.40. The molecule has 0 saturated heterocycles. The number of anilines is 1. The first kappa shape index (κ1) is 24.2. The van der Waals surface area contributed by atoms with Gasteiger partial charge in [0, 0.05) is 24.4 Å². The fraction of sp³-hybridized carbons (Fsp3) is 0.200. The van der Waals surface area contributed by atoms with Crippen LogP contribution in [0.25, 0.3) is 5.82 Å². The minimum Gasteiger partial charge on any atom is -0.395 e. The molecule has 0 radical (unpaired) electrons. The number of hydrogen-bond acceptors (Lipinski definition) is 6. The maximum absolute atomic E-state index is 13.8. The van der Waals surface area contributed by atoms with Crippen molar-refractivity contribution in [3.05, 3.63) is 56.4 Å². The van der Waals surface area contributed by atoms with Gasteiger partial charge in [-0.25, -0.2) is 9.67 Å². The number of carbonyl (C=O) groups is 2. The number of fused-ring (bicyclic) bond motifs is 1. The quantitative estimate of drug-likeness (QED) is 0.440. The van der Waals surface area contributed by atoms with E-state index in [1.54, 1.807) is 26.0 Å². The summed E-state index contributed by atoms with van der Waals surface area (Å²) in [5, 5.41) is 9.20. The van der Waals surface area contributed by atoms with Crippen molar-refractivity contribution in [1.29, 1.82) is 0 Å². The van der Waals surface area contributed by atoms with Gasteiger partial charge >= 0.3 is 6.29 Å². The van der Waals surface area contributed by atoms with Crippen molar-refractivity contribution in [2.45, 2.75) is 26.2 Å². The molecule has 1 aliphatic rings. The first-order chi connectivity index (χ1) is 16.0. The van der Waals surface area contributed by atoms with Crippen molar-refractivity contribution in [2.75, 3.05) is 5.32 Å². The molecular weight excluding hydrogens is 563 g/mol. The van der Waals surface area contributed by atoms with Crippen LogP contribution < -0.4 is 20.1 Å². The Morgan fingerprint density at radius 1 is 1.18 bits per heavy atom. The van der Waals surface area contributed by atoms with Gasteiger partial charge in [0.1, 0.15) is 15.9 Å². The molecular formula is C20H14BrCl2F2N5O4. The van der Waals surface area contributed by atoms with Crippen LogP contribution in [0.1, 0.15) is 34.7 Å². The van der Waals surface area contributed by atoms with Crippen molar-refractivity contribution in [3.8, 4) is 17.3 Å². The molecule has 2 aromatic heterocycles. The third-order valence-electron chi connectivity index (χ3n) is 4.38. The Balaban J connectivity index is 1.80. The second-order valence-electron chi connectivity index (χ2n) is 7.26. The zero-order valence-corrected chi connectivity index (χ0v) is 20.4. The molecule has 3 aromatic rings. The number of pyridine rings is 1. The van der Waals surface area contributed by atoms with E-state index in [2.05, 4.69) is 46.1 Å². The number of nitrogens with zero attached hydrogens (tertiary/aromatic N) is 3. The molecule has 3 heterocycles. The van der Waals surface area contributed by atoms with E-state index in [0.717, 1.165) is 6.07 Å². The molecule has 2 amide bonds. The topological polar surface area (TPSA) is 107 Å². The van der Waals surface area contributed by atoms with Crippen LogP contribution in [-0.2, 0) is 0 Å². The molecule has 4 rings (SSSR count). The van der Waals surface area contributed by atoms with Gasteiger partial charge in [0.05, 0.1) is 15.7 Å². The number of amides is 2. The van der Waals surface area contributed by atoms with Crippen molar-refractivity contribution >= 4 is 56.6 Å². The second kappa shape index (κ2) is 9.01. The summed E-state index contributed by atoms with van der Waals surface area (Å²) in [5.74, 6) is -2.45. The normalized spacial score (nSPS) is 13.8. The first-order valence-electron chi connectivity index (χ1n) is 9.58. The molecule has 2 N–H and O–H groups in total.